The van der Waals surface area contributed by atoms with E-state index in [1.165, 1.54) is 6.07 Å². The molecule has 0 aromatic heterocycles. The molecule has 0 bridgehead atoms. The molecule has 0 amide bonds. The lowest BCUT2D eigenvalue weighted by Gasteiger charge is -2.10. The Morgan fingerprint density at radius 3 is 2.06 bits per heavy atom. The van der Waals surface area contributed by atoms with Crippen LogP contribution in [0.4, 0.5) is 0 Å². The molecule has 2 nitrogen and oxygen atoms in total. The van der Waals surface area contributed by atoms with Crippen molar-refractivity contribution in [2.24, 2.45) is 0 Å². The number of carboxylic acid groups (broad SMARTS) is 1. The van der Waals surface area contributed by atoms with Crippen LogP contribution in [0.5, 0.6) is 0 Å². The van der Waals surface area contributed by atoms with Crippen LogP contribution in [0.15, 0.2) is 36.4 Å². The van der Waals surface area contributed by atoms with E-state index in [-0.39, 0.29) is 10.6 Å². The summed E-state index contributed by atoms with van der Waals surface area (Å²) in [6.07, 6.45) is 0. The predicted octanol–water partition coefficient (Wildman–Crippen LogP) is 5.01. The number of benzene rings is 2. The van der Waals surface area contributed by atoms with Crippen LogP contribution in [0.1, 0.15) is 10.4 Å². The van der Waals surface area contributed by atoms with E-state index in [0.717, 1.165) is 0 Å². The van der Waals surface area contributed by atoms with Gasteiger partial charge in [-0.3, -0.25) is 0 Å². The summed E-state index contributed by atoms with van der Waals surface area (Å²) in [5.41, 5.74) is 1.01. The van der Waals surface area contributed by atoms with E-state index in [2.05, 4.69) is 0 Å². The molecule has 0 radical (unpaired) electrons. The van der Waals surface area contributed by atoms with Crippen LogP contribution in [0, 0.1) is 0 Å². The highest BCUT2D eigenvalue weighted by molar-refractivity contribution is 6.44. The summed E-state index contributed by atoms with van der Waals surface area (Å²) in [6.45, 7) is 0. The van der Waals surface area contributed by atoms with Gasteiger partial charge in [0.05, 0.1) is 20.6 Å². The maximum Gasteiger partial charge on any atom is 0.337 e. The van der Waals surface area contributed by atoms with Crippen molar-refractivity contribution < 1.29 is 9.90 Å². The lowest BCUT2D eigenvalue weighted by atomic mass is 9.99. The summed E-state index contributed by atoms with van der Waals surface area (Å²) >= 11 is 17.9. The summed E-state index contributed by atoms with van der Waals surface area (Å²) in [5, 5.41) is 10.0. The van der Waals surface area contributed by atoms with Crippen LogP contribution in [0.3, 0.4) is 0 Å². The third-order valence-corrected chi connectivity index (χ3v) is 3.60. The van der Waals surface area contributed by atoms with Gasteiger partial charge < -0.3 is 5.11 Å². The summed E-state index contributed by atoms with van der Waals surface area (Å²) in [6, 6.07) is 9.88. The molecule has 2 aromatic rings. The van der Waals surface area contributed by atoms with Gasteiger partial charge in [0.25, 0.3) is 0 Å². The molecule has 0 aliphatic carbocycles. The molecule has 0 aliphatic rings. The fraction of sp³-hybridized carbons (Fsp3) is 0. The summed E-state index contributed by atoms with van der Waals surface area (Å²) in [5.74, 6) is -1.10. The number of aromatic carboxylic acids is 1. The summed E-state index contributed by atoms with van der Waals surface area (Å²) in [4.78, 5) is 11.3. The highest BCUT2D eigenvalue weighted by atomic mass is 35.5. The van der Waals surface area contributed by atoms with Gasteiger partial charge in [-0.25, -0.2) is 4.79 Å². The van der Waals surface area contributed by atoms with Gasteiger partial charge in [-0.05, 0) is 17.7 Å². The first kappa shape index (κ1) is 13.2. The van der Waals surface area contributed by atoms with Gasteiger partial charge in [0.2, 0.25) is 0 Å². The Bertz CT molecular complexity index is 624. The van der Waals surface area contributed by atoms with Gasteiger partial charge in [0.1, 0.15) is 0 Å². The van der Waals surface area contributed by atoms with Crippen LogP contribution >= 0.6 is 34.8 Å². The van der Waals surface area contributed by atoms with Crippen molar-refractivity contribution in [2.45, 2.75) is 0 Å². The molecule has 0 saturated heterocycles. The van der Waals surface area contributed by atoms with Crippen molar-refractivity contribution in [1.29, 1.82) is 0 Å². The number of carboxylic acids is 1. The maximum absolute atomic E-state index is 11.3. The monoisotopic (exact) mass is 300 g/mol. The second-order valence-electron chi connectivity index (χ2n) is 3.57. The Balaban J connectivity index is 2.75. The molecule has 0 saturated carbocycles. The molecule has 5 heteroatoms. The predicted molar refractivity (Wildman–Crippen MR) is 73.9 cm³/mol. The molecule has 0 aliphatic heterocycles. The van der Waals surface area contributed by atoms with E-state index in [1.54, 1.807) is 30.3 Å². The van der Waals surface area contributed by atoms with E-state index in [1.807, 2.05) is 0 Å². The van der Waals surface area contributed by atoms with Crippen molar-refractivity contribution >= 4 is 40.8 Å². The molecule has 0 atom stereocenters. The van der Waals surface area contributed by atoms with Gasteiger partial charge in [-0.1, -0.05) is 59.1 Å². The number of halogens is 3. The minimum atomic E-state index is -1.10. The van der Waals surface area contributed by atoms with Crippen LogP contribution in [0.25, 0.3) is 11.1 Å². The van der Waals surface area contributed by atoms with Gasteiger partial charge >= 0.3 is 5.97 Å². The minimum Gasteiger partial charge on any atom is -0.478 e. The minimum absolute atomic E-state index is 0.0170. The topological polar surface area (TPSA) is 37.3 Å². The fourth-order valence-corrected chi connectivity index (χ4v) is 2.34. The van der Waals surface area contributed by atoms with Crippen molar-refractivity contribution in [3.05, 3.63) is 57.0 Å². The summed E-state index contributed by atoms with van der Waals surface area (Å²) in [7, 11) is 0. The first-order chi connectivity index (χ1) is 8.52. The lowest BCUT2D eigenvalue weighted by molar-refractivity contribution is 0.0698. The first-order valence-electron chi connectivity index (χ1n) is 4.98. The van der Waals surface area contributed by atoms with Gasteiger partial charge in [0, 0.05) is 5.56 Å². The van der Waals surface area contributed by atoms with Crippen LogP contribution in [-0.2, 0) is 0 Å². The smallest absolute Gasteiger partial charge is 0.337 e. The van der Waals surface area contributed by atoms with Crippen LogP contribution in [0.2, 0.25) is 15.1 Å². The number of hydrogen-bond donors (Lipinski definition) is 1. The fourth-order valence-electron chi connectivity index (χ4n) is 1.68. The summed E-state index contributed by atoms with van der Waals surface area (Å²) < 4.78 is 0. The van der Waals surface area contributed by atoms with Gasteiger partial charge in [0.15, 0.2) is 0 Å². The molecule has 0 fully saturated rings. The average molecular weight is 302 g/mol. The zero-order valence-electron chi connectivity index (χ0n) is 8.95. The van der Waals surface area contributed by atoms with Gasteiger partial charge in [-0.2, -0.15) is 0 Å². The standard InChI is InChI=1S/C13H7Cl3O2/c14-9-5-1-3-7(11(9)13(17)18)8-4-2-6-10(15)12(8)16/h1-6H,(H,17,18). The Kier molecular flexibility index (Phi) is 3.81. The van der Waals surface area contributed by atoms with Crippen molar-refractivity contribution in [2.75, 3.05) is 0 Å². The number of hydrogen-bond acceptors (Lipinski definition) is 1. The zero-order valence-corrected chi connectivity index (χ0v) is 11.2. The normalized spacial score (nSPS) is 10.4. The van der Waals surface area contributed by atoms with Crippen LogP contribution < -0.4 is 0 Å². The molecular formula is C13H7Cl3O2. The zero-order chi connectivity index (χ0) is 13.3. The van der Waals surface area contributed by atoms with E-state index in [9.17, 15) is 9.90 Å². The molecule has 18 heavy (non-hydrogen) atoms. The Morgan fingerprint density at radius 2 is 1.44 bits per heavy atom. The van der Waals surface area contributed by atoms with E-state index in [4.69, 9.17) is 34.8 Å². The molecule has 0 unspecified atom stereocenters. The quantitative estimate of drug-likeness (QED) is 0.846. The molecular weight excluding hydrogens is 294 g/mol. The molecule has 0 heterocycles. The maximum atomic E-state index is 11.3. The average Bonchev–Trinajstić information content (AvgIpc) is 2.32. The molecule has 1 N–H and O–H groups in total. The first-order valence-corrected chi connectivity index (χ1v) is 6.12. The van der Waals surface area contributed by atoms with Crippen molar-refractivity contribution in [1.82, 2.24) is 0 Å². The molecule has 0 spiro atoms. The van der Waals surface area contributed by atoms with E-state index in [0.29, 0.717) is 21.2 Å². The van der Waals surface area contributed by atoms with Crippen molar-refractivity contribution in [3.8, 4) is 11.1 Å². The largest absolute Gasteiger partial charge is 0.478 e. The van der Waals surface area contributed by atoms with Crippen molar-refractivity contribution in [3.63, 3.8) is 0 Å². The Hall–Kier alpha value is -1.22. The van der Waals surface area contributed by atoms with Crippen LogP contribution in [-0.4, -0.2) is 11.1 Å². The second kappa shape index (κ2) is 5.19. The Morgan fingerprint density at radius 1 is 0.889 bits per heavy atom. The van der Waals surface area contributed by atoms with Gasteiger partial charge in [-0.15, -0.1) is 0 Å². The third-order valence-electron chi connectivity index (χ3n) is 2.47. The molecule has 92 valence electrons. The second-order valence-corrected chi connectivity index (χ2v) is 4.76. The highest BCUT2D eigenvalue weighted by Gasteiger charge is 2.18. The molecule has 2 aromatic carbocycles. The number of carbonyl (C=O) groups is 1. The highest BCUT2D eigenvalue weighted by Crippen LogP contribution is 2.37. The SMILES string of the molecule is O=C(O)c1c(Cl)cccc1-c1cccc(Cl)c1Cl. The lowest BCUT2D eigenvalue weighted by Crippen LogP contribution is -2.01. The number of rotatable bonds is 2. The molecule has 2 rings (SSSR count). The van der Waals surface area contributed by atoms with E-state index < -0.39 is 5.97 Å². The Labute approximate surface area is 119 Å². The van der Waals surface area contributed by atoms with E-state index >= 15 is 0 Å². The third kappa shape index (κ3) is 2.32.